The first-order valence-electron chi connectivity index (χ1n) is 3.85. The summed E-state index contributed by atoms with van der Waals surface area (Å²) >= 11 is 6.30. The first-order chi connectivity index (χ1) is 6.52. The Labute approximate surface area is 89.7 Å². The molecular weight excluding hydrogens is 230 g/mol. The van der Waals surface area contributed by atoms with Crippen molar-refractivity contribution in [3.63, 3.8) is 0 Å². The van der Waals surface area contributed by atoms with Crippen molar-refractivity contribution in [1.29, 1.82) is 0 Å². The molecule has 78 valence electrons. The van der Waals surface area contributed by atoms with Crippen molar-refractivity contribution in [3.8, 4) is 0 Å². The zero-order valence-corrected chi connectivity index (χ0v) is 8.93. The molecule has 0 aliphatic carbocycles. The molecule has 0 radical (unpaired) electrons. The molecule has 1 heterocycles. The number of ether oxygens (including phenoxy) is 1. The van der Waals surface area contributed by atoms with Gasteiger partial charge < -0.3 is 4.74 Å². The fourth-order valence-electron chi connectivity index (χ4n) is 0.880. The van der Waals surface area contributed by atoms with Crippen LogP contribution in [0.5, 0.6) is 0 Å². The standard InChI is InChI=1S/C7H8ClNO4S/c1-4(8)13-7(12)9-2-3-14-6(11)5(9)10/h4H,2-3H2,1H3. The fourth-order valence-corrected chi connectivity index (χ4v) is 1.65. The highest BCUT2D eigenvalue weighted by atomic mass is 35.5. The van der Waals surface area contributed by atoms with Crippen molar-refractivity contribution in [2.75, 3.05) is 12.3 Å². The van der Waals surface area contributed by atoms with Crippen LogP contribution in [0.2, 0.25) is 0 Å². The van der Waals surface area contributed by atoms with Gasteiger partial charge in [0.15, 0.2) is 5.56 Å². The van der Waals surface area contributed by atoms with Crippen LogP contribution in [0.4, 0.5) is 4.79 Å². The Morgan fingerprint density at radius 1 is 1.64 bits per heavy atom. The van der Waals surface area contributed by atoms with Gasteiger partial charge in [0, 0.05) is 12.3 Å². The second-order valence-electron chi connectivity index (χ2n) is 2.52. The molecule has 2 amide bonds. The third-order valence-corrected chi connectivity index (χ3v) is 2.36. The molecule has 7 heteroatoms. The number of thioether (sulfide) groups is 1. The summed E-state index contributed by atoms with van der Waals surface area (Å²) in [5.41, 5.74) is -0.819. The molecule has 14 heavy (non-hydrogen) atoms. The van der Waals surface area contributed by atoms with E-state index in [1.165, 1.54) is 6.92 Å². The van der Waals surface area contributed by atoms with E-state index >= 15 is 0 Å². The molecule has 0 aromatic carbocycles. The number of alkyl halides is 1. The van der Waals surface area contributed by atoms with Crippen LogP contribution < -0.4 is 0 Å². The molecule has 0 N–H and O–H groups in total. The van der Waals surface area contributed by atoms with Gasteiger partial charge in [-0.15, -0.1) is 0 Å². The van der Waals surface area contributed by atoms with Crippen LogP contribution >= 0.6 is 23.4 Å². The van der Waals surface area contributed by atoms with Crippen LogP contribution in [0.25, 0.3) is 0 Å². The van der Waals surface area contributed by atoms with Gasteiger partial charge in [0.1, 0.15) is 0 Å². The molecule has 1 rings (SSSR count). The number of hydrogen-bond acceptors (Lipinski definition) is 5. The summed E-state index contributed by atoms with van der Waals surface area (Å²) < 4.78 is 4.58. The van der Waals surface area contributed by atoms with Crippen molar-refractivity contribution in [1.82, 2.24) is 4.90 Å². The van der Waals surface area contributed by atoms with Gasteiger partial charge in [-0.2, -0.15) is 0 Å². The second-order valence-corrected chi connectivity index (χ2v) is 4.20. The molecule has 0 aromatic rings. The molecule has 0 aromatic heterocycles. The highest BCUT2D eigenvalue weighted by Crippen LogP contribution is 2.14. The van der Waals surface area contributed by atoms with Gasteiger partial charge in [-0.3, -0.25) is 9.59 Å². The third-order valence-electron chi connectivity index (χ3n) is 1.45. The van der Waals surface area contributed by atoms with Crippen LogP contribution in [0, 0.1) is 0 Å². The van der Waals surface area contributed by atoms with Crippen LogP contribution in [0.15, 0.2) is 0 Å². The summed E-state index contributed by atoms with van der Waals surface area (Å²) in [6, 6.07) is 0. The molecule has 5 nitrogen and oxygen atoms in total. The molecule has 0 spiro atoms. The number of amides is 2. The Hall–Kier alpha value is -0.750. The van der Waals surface area contributed by atoms with Crippen molar-refractivity contribution in [2.45, 2.75) is 12.5 Å². The van der Waals surface area contributed by atoms with E-state index in [1.807, 2.05) is 0 Å². The lowest BCUT2D eigenvalue weighted by molar-refractivity contribution is -0.139. The van der Waals surface area contributed by atoms with Gasteiger partial charge in [-0.25, -0.2) is 9.69 Å². The second kappa shape index (κ2) is 4.65. The predicted octanol–water partition coefficient (Wildman–Crippen LogP) is 0.810. The third kappa shape index (κ3) is 2.62. The minimum absolute atomic E-state index is 0.178. The number of hydrogen-bond donors (Lipinski definition) is 0. The first-order valence-corrected chi connectivity index (χ1v) is 5.28. The lowest BCUT2D eigenvalue weighted by Crippen LogP contribution is -2.45. The predicted molar refractivity (Wildman–Crippen MR) is 51.0 cm³/mol. The number of halogens is 1. The first kappa shape index (κ1) is 11.3. The molecule has 1 fully saturated rings. The van der Waals surface area contributed by atoms with Crippen LogP contribution in [-0.4, -0.2) is 39.9 Å². The lowest BCUT2D eigenvalue weighted by atomic mass is 10.5. The monoisotopic (exact) mass is 237 g/mol. The molecular formula is C7H8ClNO4S. The van der Waals surface area contributed by atoms with Gasteiger partial charge >= 0.3 is 12.0 Å². The van der Waals surface area contributed by atoms with E-state index in [-0.39, 0.29) is 6.54 Å². The summed E-state index contributed by atoms with van der Waals surface area (Å²) in [5.74, 6) is -0.445. The largest absolute Gasteiger partial charge is 0.430 e. The zero-order chi connectivity index (χ0) is 10.7. The van der Waals surface area contributed by atoms with Crippen molar-refractivity contribution in [3.05, 3.63) is 0 Å². The normalized spacial score (nSPS) is 19.4. The number of carbonyl (C=O) groups excluding carboxylic acids is 3. The van der Waals surface area contributed by atoms with Crippen LogP contribution in [0.3, 0.4) is 0 Å². The summed E-state index contributed by atoms with van der Waals surface area (Å²) in [6.45, 7) is 1.63. The number of imide groups is 1. The van der Waals surface area contributed by atoms with Crippen LogP contribution in [0.1, 0.15) is 6.92 Å². The maximum atomic E-state index is 11.2. The SMILES string of the molecule is CC(Cl)OC(=O)N1CCSC(=O)C1=O. The van der Waals surface area contributed by atoms with Crippen molar-refractivity contribution >= 4 is 40.5 Å². The zero-order valence-electron chi connectivity index (χ0n) is 7.36. The van der Waals surface area contributed by atoms with Crippen molar-refractivity contribution < 1.29 is 19.1 Å². The van der Waals surface area contributed by atoms with Gasteiger partial charge in [0.05, 0.1) is 0 Å². The van der Waals surface area contributed by atoms with E-state index in [0.29, 0.717) is 5.75 Å². The smallest absolute Gasteiger partial charge is 0.418 e. The van der Waals surface area contributed by atoms with E-state index in [9.17, 15) is 14.4 Å². The van der Waals surface area contributed by atoms with E-state index in [4.69, 9.17) is 11.6 Å². The summed E-state index contributed by atoms with van der Waals surface area (Å²) in [4.78, 5) is 34.0. The molecule has 1 aliphatic heterocycles. The van der Waals surface area contributed by atoms with Crippen LogP contribution in [-0.2, 0) is 14.3 Å². The van der Waals surface area contributed by atoms with E-state index in [1.54, 1.807) is 0 Å². The summed E-state index contributed by atoms with van der Waals surface area (Å²) in [6.07, 6.45) is -0.869. The maximum Gasteiger partial charge on any atom is 0.418 e. The topological polar surface area (TPSA) is 63.7 Å². The Balaban J connectivity index is 2.62. The summed E-state index contributed by atoms with van der Waals surface area (Å²) in [5, 5.41) is -0.643. The molecule has 0 bridgehead atoms. The molecule has 0 saturated carbocycles. The Morgan fingerprint density at radius 3 is 2.86 bits per heavy atom. The average Bonchev–Trinajstić information content (AvgIpc) is 2.08. The van der Waals surface area contributed by atoms with Gasteiger partial charge in [-0.05, 0) is 6.92 Å². The minimum atomic E-state index is -0.869. The quantitative estimate of drug-likeness (QED) is 0.499. The highest BCUT2D eigenvalue weighted by Gasteiger charge is 2.33. The van der Waals surface area contributed by atoms with E-state index in [2.05, 4.69) is 4.74 Å². The Bertz CT molecular complexity index is 281. The van der Waals surface area contributed by atoms with E-state index < -0.39 is 22.7 Å². The average molecular weight is 238 g/mol. The minimum Gasteiger partial charge on any atom is -0.430 e. The van der Waals surface area contributed by atoms with Gasteiger partial charge in [-0.1, -0.05) is 23.4 Å². The van der Waals surface area contributed by atoms with Gasteiger partial charge in [0.2, 0.25) is 0 Å². The summed E-state index contributed by atoms with van der Waals surface area (Å²) in [7, 11) is 0. The number of rotatable bonds is 1. The maximum absolute atomic E-state index is 11.2. The Kier molecular flexibility index (Phi) is 3.77. The fraction of sp³-hybridized carbons (Fsp3) is 0.571. The Morgan fingerprint density at radius 2 is 2.29 bits per heavy atom. The number of carbonyl (C=O) groups is 3. The number of nitrogens with zero attached hydrogens (tertiary/aromatic N) is 1. The lowest BCUT2D eigenvalue weighted by Gasteiger charge is -2.22. The molecule has 1 unspecified atom stereocenters. The molecule has 1 saturated heterocycles. The van der Waals surface area contributed by atoms with E-state index in [0.717, 1.165) is 16.7 Å². The highest BCUT2D eigenvalue weighted by molar-refractivity contribution is 8.15. The van der Waals surface area contributed by atoms with Crippen molar-refractivity contribution in [2.24, 2.45) is 0 Å². The molecule has 1 aliphatic rings. The molecule has 1 atom stereocenters. The van der Waals surface area contributed by atoms with Gasteiger partial charge in [0.25, 0.3) is 5.12 Å².